The van der Waals surface area contributed by atoms with Crippen molar-refractivity contribution in [3.63, 3.8) is 0 Å². The van der Waals surface area contributed by atoms with Crippen molar-refractivity contribution < 1.29 is 0 Å². The summed E-state index contributed by atoms with van der Waals surface area (Å²) in [6.45, 7) is 13.7. The van der Waals surface area contributed by atoms with Crippen LogP contribution in [0.5, 0.6) is 0 Å². The molecule has 1 heteroatoms. The highest BCUT2D eigenvalue weighted by atomic mass is 14.8. The molecule has 0 aromatic heterocycles. The monoisotopic (exact) mass is 261 g/mol. The zero-order chi connectivity index (χ0) is 14.3. The molecule has 1 aromatic rings. The summed E-state index contributed by atoms with van der Waals surface area (Å²) in [7, 11) is 0. The van der Waals surface area contributed by atoms with Gasteiger partial charge in [0.05, 0.1) is 0 Å². The average molecular weight is 261 g/mol. The summed E-state index contributed by atoms with van der Waals surface area (Å²) in [5.41, 5.74) is 3.17. The minimum atomic E-state index is 0.259. The number of benzene rings is 1. The average Bonchev–Trinajstić information content (AvgIpc) is 2.36. The fourth-order valence-electron chi connectivity index (χ4n) is 2.35. The van der Waals surface area contributed by atoms with Gasteiger partial charge in [0.1, 0.15) is 0 Å². The van der Waals surface area contributed by atoms with Crippen LogP contribution in [-0.2, 0) is 11.8 Å². The van der Waals surface area contributed by atoms with E-state index in [2.05, 4.69) is 64.2 Å². The minimum Gasteiger partial charge on any atom is -0.316 e. The molecule has 0 saturated carbocycles. The first-order valence-electron chi connectivity index (χ1n) is 7.76. The zero-order valence-electron chi connectivity index (χ0n) is 13.4. The van der Waals surface area contributed by atoms with Gasteiger partial charge in [-0.2, -0.15) is 0 Å². The molecule has 0 atom stereocenters. The van der Waals surface area contributed by atoms with E-state index in [-0.39, 0.29) is 5.41 Å². The van der Waals surface area contributed by atoms with Crippen LogP contribution in [0, 0.1) is 5.92 Å². The molecule has 1 aromatic carbocycles. The van der Waals surface area contributed by atoms with E-state index in [0.717, 1.165) is 19.0 Å². The van der Waals surface area contributed by atoms with Crippen LogP contribution >= 0.6 is 0 Å². The van der Waals surface area contributed by atoms with Crippen molar-refractivity contribution in [2.45, 2.75) is 59.3 Å². The molecule has 1 rings (SSSR count). The summed E-state index contributed by atoms with van der Waals surface area (Å²) in [4.78, 5) is 0. The van der Waals surface area contributed by atoms with E-state index in [0.29, 0.717) is 0 Å². The Kier molecular flexibility index (Phi) is 6.57. The Labute approximate surface area is 119 Å². The largest absolute Gasteiger partial charge is 0.316 e. The topological polar surface area (TPSA) is 12.0 Å². The van der Waals surface area contributed by atoms with Crippen molar-refractivity contribution in [2.24, 2.45) is 5.92 Å². The van der Waals surface area contributed by atoms with Crippen molar-refractivity contribution in [3.8, 4) is 0 Å². The van der Waals surface area contributed by atoms with Crippen LogP contribution in [0.25, 0.3) is 0 Å². The Morgan fingerprint density at radius 2 is 1.74 bits per heavy atom. The summed E-state index contributed by atoms with van der Waals surface area (Å²) in [6, 6.07) is 9.21. The fraction of sp³-hybridized carbons (Fsp3) is 0.667. The molecule has 0 amide bonds. The van der Waals surface area contributed by atoms with Gasteiger partial charge in [-0.05, 0) is 48.4 Å². The summed E-state index contributed by atoms with van der Waals surface area (Å²) < 4.78 is 0. The summed E-state index contributed by atoms with van der Waals surface area (Å²) in [5.74, 6) is 0.733. The maximum atomic E-state index is 3.54. The van der Waals surface area contributed by atoms with E-state index >= 15 is 0 Å². The molecule has 0 spiro atoms. The standard InChI is InChI=1S/C18H31N/c1-6-7-16-8-10-17(11-9-16)18(4,5)12-13-19-14-15(2)3/h8-11,15,19H,6-7,12-14H2,1-5H3. The lowest BCUT2D eigenvalue weighted by Crippen LogP contribution is -2.27. The first-order valence-corrected chi connectivity index (χ1v) is 7.76. The van der Waals surface area contributed by atoms with Gasteiger partial charge in [0.25, 0.3) is 0 Å². The second-order valence-corrected chi connectivity index (χ2v) is 6.68. The van der Waals surface area contributed by atoms with Gasteiger partial charge in [-0.3, -0.25) is 0 Å². The third-order valence-electron chi connectivity index (χ3n) is 3.75. The van der Waals surface area contributed by atoms with Gasteiger partial charge in [0.2, 0.25) is 0 Å². The van der Waals surface area contributed by atoms with Gasteiger partial charge in [0.15, 0.2) is 0 Å². The van der Waals surface area contributed by atoms with Crippen molar-refractivity contribution in [1.82, 2.24) is 5.32 Å². The van der Waals surface area contributed by atoms with E-state index in [4.69, 9.17) is 0 Å². The Morgan fingerprint density at radius 1 is 1.11 bits per heavy atom. The van der Waals surface area contributed by atoms with Crippen molar-refractivity contribution in [3.05, 3.63) is 35.4 Å². The SMILES string of the molecule is CCCc1ccc(C(C)(C)CCNCC(C)C)cc1. The Balaban J connectivity index is 2.51. The van der Waals surface area contributed by atoms with Gasteiger partial charge >= 0.3 is 0 Å². The summed E-state index contributed by atoms with van der Waals surface area (Å²) in [5, 5.41) is 3.54. The summed E-state index contributed by atoms with van der Waals surface area (Å²) >= 11 is 0. The molecule has 0 aliphatic carbocycles. The predicted octanol–water partition coefficient (Wildman–Crippen LogP) is 4.55. The normalized spacial score (nSPS) is 12.1. The minimum absolute atomic E-state index is 0.259. The molecule has 0 bridgehead atoms. The van der Waals surface area contributed by atoms with Crippen LogP contribution in [-0.4, -0.2) is 13.1 Å². The highest BCUT2D eigenvalue weighted by molar-refractivity contribution is 5.28. The molecular formula is C18H31N. The van der Waals surface area contributed by atoms with E-state index < -0.39 is 0 Å². The van der Waals surface area contributed by atoms with Crippen molar-refractivity contribution in [2.75, 3.05) is 13.1 Å². The van der Waals surface area contributed by atoms with Gasteiger partial charge in [-0.1, -0.05) is 65.3 Å². The molecule has 0 fully saturated rings. The van der Waals surface area contributed by atoms with Crippen molar-refractivity contribution >= 4 is 0 Å². The second-order valence-electron chi connectivity index (χ2n) is 6.68. The highest BCUT2D eigenvalue weighted by Gasteiger charge is 2.19. The molecule has 1 nitrogen and oxygen atoms in total. The lowest BCUT2D eigenvalue weighted by Gasteiger charge is -2.26. The lowest BCUT2D eigenvalue weighted by molar-refractivity contribution is 0.442. The molecule has 19 heavy (non-hydrogen) atoms. The Bertz CT molecular complexity index is 348. The lowest BCUT2D eigenvalue weighted by atomic mass is 9.81. The van der Waals surface area contributed by atoms with Crippen LogP contribution in [0.3, 0.4) is 0 Å². The number of hydrogen-bond donors (Lipinski definition) is 1. The summed E-state index contributed by atoms with van der Waals surface area (Å²) in [6.07, 6.45) is 3.60. The number of rotatable bonds is 8. The van der Waals surface area contributed by atoms with E-state index in [1.54, 1.807) is 0 Å². The van der Waals surface area contributed by atoms with E-state index in [9.17, 15) is 0 Å². The van der Waals surface area contributed by atoms with Crippen LogP contribution < -0.4 is 5.32 Å². The van der Waals surface area contributed by atoms with Gasteiger partial charge in [-0.15, -0.1) is 0 Å². The molecule has 0 saturated heterocycles. The van der Waals surface area contributed by atoms with Crippen LogP contribution in [0.2, 0.25) is 0 Å². The van der Waals surface area contributed by atoms with Crippen LogP contribution in [0.1, 0.15) is 58.6 Å². The van der Waals surface area contributed by atoms with E-state index in [1.807, 2.05) is 0 Å². The first-order chi connectivity index (χ1) is 8.95. The molecule has 108 valence electrons. The fourth-order valence-corrected chi connectivity index (χ4v) is 2.35. The molecule has 0 radical (unpaired) electrons. The quantitative estimate of drug-likeness (QED) is 0.677. The third-order valence-corrected chi connectivity index (χ3v) is 3.75. The highest BCUT2D eigenvalue weighted by Crippen LogP contribution is 2.27. The van der Waals surface area contributed by atoms with Gasteiger partial charge in [0, 0.05) is 0 Å². The Morgan fingerprint density at radius 3 is 2.26 bits per heavy atom. The number of nitrogens with one attached hydrogen (secondary N) is 1. The molecule has 0 heterocycles. The van der Waals surface area contributed by atoms with Gasteiger partial charge in [-0.25, -0.2) is 0 Å². The third kappa shape index (κ3) is 5.78. The smallest absolute Gasteiger partial charge is 0.00258 e. The molecule has 0 aliphatic rings. The molecule has 0 aliphatic heterocycles. The first kappa shape index (κ1) is 16.2. The van der Waals surface area contributed by atoms with Crippen LogP contribution in [0.15, 0.2) is 24.3 Å². The van der Waals surface area contributed by atoms with Crippen LogP contribution in [0.4, 0.5) is 0 Å². The second kappa shape index (κ2) is 7.69. The molecular weight excluding hydrogens is 230 g/mol. The van der Waals surface area contributed by atoms with Crippen molar-refractivity contribution in [1.29, 1.82) is 0 Å². The van der Waals surface area contributed by atoms with E-state index in [1.165, 1.54) is 30.4 Å². The molecule has 1 N–H and O–H groups in total. The zero-order valence-corrected chi connectivity index (χ0v) is 13.4. The Hall–Kier alpha value is -0.820. The molecule has 0 unspecified atom stereocenters. The maximum Gasteiger partial charge on any atom is -0.00258 e. The predicted molar refractivity (Wildman–Crippen MR) is 85.8 cm³/mol. The maximum absolute atomic E-state index is 3.54. The van der Waals surface area contributed by atoms with Gasteiger partial charge < -0.3 is 5.32 Å². The number of aryl methyl sites for hydroxylation is 1. The number of hydrogen-bond acceptors (Lipinski definition) is 1.